The van der Waals surface area contributed by atoms with Crippen LogP contribution in [-0.4, -0.2) is 25.3 Å². The first-order valence-electron chi connectivity index (χ1n) is 8.22. The molecule has 0 aliphatic heterocycles. The molecule has 1 unspecified atom stereocenters. The summed E-state index contributed by atoms with van der Waals surface area (Å²) in [6.07, 6.45) is 0. The molecule has 0 bridgehead atoms. The van der Waals surface area contributed by atoms with Gasteiger partial charge in [0, 0.05) is 5.39 Å². The van der Waals surface area contributed by atoms with Crippen LogP contribution in [0.5, 0.6) is 0 Å². The minimum atomic E-state index is -0.190. The summed E-state index contributed by atoms with van der Waals surface area (Å²) in [5.41, 5.74) is 2.52. The fourth-order valence-corrected chi connectivity index (χ4v) is 2.98. The summed E-state index contributed by atoms with van der Waals surface area (Å²) >= 11 is 0. The number of para-hydroxylation sites is 1. The molecule has 1 atom stereocenters. The van der Waals surface area contributed by atoms with E-state index in [1.54, 1.807) is 0 Å². The molecule has 0 saturated carbocycles. The Kier molecular flexibility index (Phi) is 3.35. The van der Waals surface area contributed by atoms with Crippen molar-refractivity contribution in [3.8, 4) is 0 Å². The lowest BCUT2D eigenvalue weighted by Crippen LogP contribution is -2.13. The van der Waals surface area contributed by atoms with Gasteiger partial charge in [0.1, 0.15) is 23.2 Å². The number of anilines is 1. The molecule has 7 nitrogen and oxygen atoms in total. The van der Waals surface area contributed by atoms with Gasteiger partial charge in [-0.1, -0.05) is 48.5 Å². The number of tetrazole rings is 1. The Hall–Kier alpha value is -3.74. The molecule has 0 amide bonds. The summed E-state index contributed by atoms with van der Waals surface area (Å²) in [5, 5.41) is 20.3. The highest BCUT2D eigenvalue weighted by molar-refractivity contribution is 5.78. The quantitative estimate of drug-likeness (QED) is 0.539. The highest BCUT2D eigenvalue weighted by Crippen LogP contribution is 2.30. The Bertz CT molecular complexity index is 1150. The molecular weight excluding hydrogens is 328 g/mol. The molecule has 5 aromatic rings. The molecule has 0 aliphatic rings. The SMILES string of the molecule is c1ccc(C(Nc2ccc3nnnn3n2)c2cc3ccccc3o2)cc1. The molecule has 1 N–H and O–H groups in total. The van der Waals surface area contributed by atoms with E-state index in [0.717, 1.165) is 22.3 Å². The van der Waals surface area contributed by atoms with Crippen molar-refractivity contribution in [2.45, 2.75) is 6.04 Å². The summed E-state index contributed by atoms with van der Waals surface area (Å²) in [7, 11) is 0. The first-order chi connectivity index (χ1) is 12.9. The number of nitrogens with zero attached hydrogens (tertiary/aromatic N) is 5. The second-order valence-corrected chi connectivity index (χ2v) is 5.92. The zero-order valence-electron chi connectivity index (χ0n) is 13.6. The van der Waals surface area contributed by atoms with Gasteiger partial charge in [-0.15, -0.1) is 14.8 Å². The maximum absolute atomic E-state index is 6.09. The van der Waals surface area contributed by atoms with E-state index >= 15 is 0 Å². The lowest BCUT2D eigenvalue weighted by molar-refractivity contribution is 0.535. The summed E-state index contributed by atoms with van der Waals surface area (Å²) in [6, 6.07) is 23.6. The molecule has 0 aliphatic carbocycles. The molecule has 3 aromatic heterocycles. The Balaban J connectivity index is 1.59. The number of rotatable bonds is 4. The van der Waals surface area contributed by atoms with Crippen LogP contribution in [0, 0.1) is 0 Å². The maximum atomic E-state index is 6.09. The topological polar surface area (TPSA) is 81.1 Å². The number of nitrogens with one attached hydrogen (secondary N) is 1. The standard InChI is InChI=1S/C19H14N6O/c1-2-6-13(7-3-1)19(16-12-14-8-4-5-9-15(14)26-16)20-17-10-11-18-21-23-24-25(18)22-17/h1-12,19H,(H,20,22). The molecule has 0 radical (unpaired) electrons. The van der Waals surface area contributed by atoms with Gasteiger partial charge in [0.2, 0.25) is 0 Å². The molecule has 26 heavy (non-hydrogen) atoms. The highest BCUT2D eigenvalue weighted by atomic mass is 16.3. The largest absolute Gasteiger partial charge is 0.459 e. The molecule has 126 valence electrons. The van der Waals surface area contributed by atoms with Gasteiger partial charge < -0.3 is 9.73 Å². The first-order valence-corrected chi connectivity index (χ1v) is 8.22. The van der Waals surface area contributed by atoms with Crippen molar-refractivity contribution < 1.29 is 4.42 Å². The number of hydrogen-bond acceptors (Lipinski definition) is 6. The van der Waals surface area contributed by atoms with Crippen molar-refractivity contribution in [2.75, 3.05) is 5.32 Å². The van der Waals surface area contributed by atoms with Crippen LogP contribution >= 0.6 is 0 Å². The van der Waals surface area contributed by atoms with E-state index in [0.29, 0.717) is 11.5 Å². The molecular formula is C19H14N6O. The first kappa shape index (κ1) is 14.6. The normalized spacial score (nSPS) is 12.5. The van der Waals surface area contributed by atoms with E-state index in [9.17, 15) is 0 Å². The average molecular weight is 342 g/mol. The summed E-state index contributed by atoms with van der Waals surface area (Å²) < 4.78 is 7.48. The summed E-state index contributed by atoms with van der Waals surface area (Å²) in [6.45, 7) is 0. The van der Waals surface area contributed by atoms with Crippen LogP contribution in [0.1, 0.15) is 17.4 Å². The van der Waals surface area contributed by atoms with Crippen molar-refractivity contribution in [2.24, 2.45) is 0 Å². The van der Waals surface area contributed by atoms with Gasteiger partial charge in [-0.25, -0.2) is 0 Å². The lowest BCUT2D eigenvalue weighted by atomic mass is 10.0. The van der Waals surface area contributed by atoms with Crippen LogP contribution in [0.15, 0.2) is 77.2 Å². The maximum Gasteiger partial charge on any atom is 0.200 e. The van der Waals surface area contributed by atoms with Gasteiger partial charge in [0.15, 0.2) is 5.65 Å². The number of aromatic nitrogens is 5. The van der Waals surface area contributed by atoms with E-state index in [1.807, 2.05) is 54.6 Å². The van der Waals surface area contributed by atoms with Gasteiger partial charge in [-0.3, -0.25) is 0 Å². The van der Waals surface area contributed by atoms with Crippen LogP contribution in [0.25, 0.3) is 16.6 Å². The molecule has 3 heterocycles. The smallest absolute Gasteiger partial charge is 0.200 e. The summed E-state index contributed by atoms with van der Waals surface area (Å²) in [4.78, 5) is 0. The Morgan fingerprint density at radius 3 is 2.65 bits per heavy atom. The third-order valence-electron chi connectivity index (χ3n) is 4.22. The minimum Gasteiger partial charge on any atom is -0.459 e. The molecule has 0 fully saturated rings. The Morgan fingerprint density at radius 1 is 0.923 bits per heavy atom. The van der Waals surface area contributed by atoms with Crippen LogP contribution in [0.2, 0.25) is 0 Å². The van der Waals surface area contributed by atoms with Gasteiger partial charge in [-0.05, 0) is 40.3 Å². The van der Waals surface area contributed by atoms with Gasteiger partial charge >= 0.3 is 0 Å². The second kappa shape index (κ2) is 5.96. The zero-order valence-corrected chi connectivity index (χ0v) is 13.6. The third kappa shape index (κ3) is 2.55. The van der Waals surface area contributed by atoms with Crippen LogP contribution in [0.3, 0.4) is 0 Å². The summed E-state index contributed by atoms with van der Waals surface area (Å²) in [5.74, 6) is 1.47. The monoisotopic (exact) mass is 342 g/mol. The van der Waals surface area contributed by atoms with Crippen LogP contribution in [-0.2, 0) is 0 Å². The van der Waals surface area contributed by atoms with E-state index < -0.39 is 0 Å². The third-order valence-corrected chi connectivity index (χ3v) is 4.22. The van der Waals surface area contributed by atoms with Crippen molar-refractivity contribution in [3.05, 3.63) is 84.1 Å². The van der Waals surface area contributed by atoms with Gasteiger partial charge in [-0.2, -0.15) is 0 Å². The Morgan fingerprint density at radius 2 is 1.77 bits per heavy atom. The molecule has 2 aromatic carbocycles. The van der Waals surface area contributed by atoms with E-state index in [4.69, 9.17) is 4.42 Å². The fourth-order valence-electron chi connectivity index (χ4n) is 2.98. The van der Waals surface area contributed by atoms with Crippen molar-refractivity contribution >= 4 is 22.4 Å². The average Bonchev–Trinajstić information content (AvgIpc) is 3.32. The predicted octanol–water partition coefficient (Wildman–Crippen LogP) is 3.47. The predicted molar refractivity (Wildman–Crippen MR) is 96.7 cm³/mol. The molecule has 5 rings (SSSR count). The van der Waals surface area contributed by atoms with E-state index in [-0.39, 0.29) is 6.04 Å². The van der Waals surface area contributed by atoms with Crippen molar-refractivity contribution in [3.63, 3.8) is 0 Å². The van der Waals surface area contributed by atoms with Crippen molar-refractivity contribution in [1.82, 2.24) is 25.3 Å². The molecule has 0 saturated heterocycles. The highest BCUT2D eigenvalue weighted by Gasteiger charge is 2.19. The van der Waals surface area contributed by atoms with Crippen LogP contribution in [0.4, 0.5) is 5.82 Å². The molecule has 0 spiro atoms. The number of furan rings is 1. The minimum absolute atomic E-state index is 0.190. The second-order valence-electron chi connectivity index (χ2n) is 5.92. The molecule has 7 heteroatoms. The van der Waals surface area contributed by atoms with Gasteiger partial charge in [0.05, 0.1) is 0 Å². The van der Waals surface area contributed by atoms with Crippen LogP contribution < -0.4 is 5.32 Å². The zero-order chi connectivity index (χ0) is 17.3. The van der Waals surface area contributed by atoms with E-state index in [1.165, 1.54) is 4.63 Å². The number of benzene rings is 2. The number of hydrogen-bond donors (Lipinski definition) is 1. The number of fused-ring (bicyclic) bond motifs is 2. The Labute approximate surface area is 148 Å². The van der Waals surface area contributed by atoms with Crippen molar-refractivity contribution in [1.29, 1.82) is 0 Å². The van der Waals surface area contributed by atoms with Gasteiger partial charge in [0.25, 0.3) is 0 Å². The lowest BCUT2D eigenvalue weighted by Gasteiger charge is -2.17. The van der Waals surface area contributed by atoms with E-state index in [2.05, 4.69) is 44.1 Å². The fraction of sp³-hybridized carbons (Fsp3) is 0.0526.